The number of halogens is 1. The molecule has 3 aliphatic heterocycles. The first-order valence-corrected chi connectivity index (χ1v) is 10.6. The predicted molar refractivity (Wildman–Crippen MR) is 110 cm³/mol. The number of rotatable bonds is 1. The highest BCUT2D eigenvalue weighted by Crippen LogP contribution is 2.51. The Morgan fingerprint density at radius 3 is 2.67 bits per heavy atom. The molecule has 1 N–H and O–H groups in total. The largest absolute Gasteiger partial charge is 0.357 e. The van der Waals surface area contributed by atoms with Crippen molar-refractivity contribution >= 4 is 22.5 Å². The monoisotopic (exact) mass is 377 g/mol. The quantitative estimate of drug-likeness (QED) is 0.622. The van der Waals surface area contributed by atoms with E-state index in [9.17, 15) is 0 Å². The molecule has 0 amide bonds. The lowest BCUT2D eigenvalue weighted by Crippen LogP contribution is -2.38. The van der Waals surface area contributed by atoms with Gasteiger partial charge in [0.2, 0.25) is 0 Å². The molecule has 0 radical (unpaired) electrons. The molecule has 6 rings (SSSR count). The van der Waals surface area contributed by atoms with Crippen LogP contribution in [-0.4, -0.2) is 33.9 Å². The van der Waals surface area contributed by atoms with Crippen molar-refractivity contribution in [2.45, 2.75) is 43.9 Å². The zero-order chi connectivity index (χ0) is 18.0. The molecule has 2 saturated heterocycles. The summed E-state index contributed by atoms with van der Waals surface area (Å²) in [6.07, 6.45) is 5.44. The van der Waals surface area contributed by atoms with Crippen molar-refractivity contribution in [3.63, 3.8) is 0 Å². The van der Waals surface area contributed by atoms with Crippen LogP contribution in [0.15, 0.2) is 48.5 Å². The summed E-state index contributed by atoms with van der Waals surface area (Å²) in [7, 11) is 0. The highest BCUT2D eigenvalue weighted by atomic mass is 35.5. The minimum absolute atomic E-state index is 0.372. The van der Waals surface area contributed by atoms with Crippen LogP contribution in [0, 0.1) is 0 Å². The van der Waals surface area contributed by atoms with Crippen molar-refractivity contribution in [2.75, 3.05) is 13.1 Å². The van der Waals surface area contributed by atoms with Crippen molar-refractivity contribution < 1.29 is 0 Å². The molecule has 2 fully saturated rings. The number of para-hydroxylation sites is 1. The molecule has 3 nitrogen and oxygen atoms in total. The van der Waals surface area contributed by atoms with Gasteiger partial charge in [-0.25, -0.2) is 0 Å². The third-order valence-electron chi connectivity index (χ3n) is 6.87. The lowest BCUT2D eigenvalue weighted by atomic mass is 9.90. The SMILES string of the molecule is Clc1ccc(C2N3CCc4c([nH]c5ccccc45)C3[C@H]3CCCCN23)cc1. The van der Waals surface area contributed by atoms with Crippen LogP contribution in [0.5, 0.6) is 0 Å². The van der Waals surface area contributed by atoms with Crippen molar-refractivity contribution in [1.29, 1.82) is 0 Å². The Labute approximate surface area is 164 Å². The standard InChI is InChI=1S/C23H24ClN3/c24-16-10-8-15(9-11-16)23-26-13-4-3-7-20(26)22-21-18(12-14-27(22)23)17-5-1-2-6-19(17)25-21/h1-2,5-6,8-11,20,22-23,25H,3-4,7,12-14H2/t20-,22?,23?/m1/s1. The first-order valence-electron chi connectivity index (χ1n) is 10.2. The number of aromatic nitrogens is 1. The number of piperidine rings is 1. The van der Waals surface area contributed by atoms with E-state index in [1.807, 2.05) is 12.1 Å². The minimum atomic E-state index is 0.372. The predicted octanol–water partition coefficient (Wildman–Crippen LogP) is 5.29. The van der Waals surface area contributed by atoms with Gasteiger partial charge in [0.1, 0.15) is 0 Å². The Morgan fingerprint density at radius 2 is 1.78 bits per heavy atom. The van der Waals surface area contributed by atoms with E-state index < -0.39 is 0 Å². The summed E-state index contributed by atoms with van der Waals surface area (Å²) in [4.78, 5) is 9.32. The van der Waals surface area contributed by atoms with E-state index in [2.05, 4.69) is 51.2 Å². The van der Waals surface area contributed by atoms with Gasteiger partial charge in [-0.2, -0.15) is 0 Å². The summed E-state index contributed by atoms with van der Waals surface area (Å²) >= 11 is 6.17. The molecule has 3 aromatic rings. The van der Waals surface area contributed by atoms with E-state index in [1.54, 1.807) is 5.56 Å². The lowest BCUT2D eigenvalue weighted by molar-refractivity contribution is 0.0977. The normalized spacial score (nSPS) is 28.1. The third kappa shape index (κ3) is 2.35. The van der Waals surface area contributed by atoms with Gasteiger partial charge in [0.15, 0.2) is 0 Å². The molecule has 0 spiro atoms. The highest BCUT2D eigenvalue weighted by molar-refractivity contribution is 6.30. The third-order valence-corrected chi connectivity index (χ3v) is 7.12. The van der Waals surface area contributed by atoms with Crippen LogP contribution in [0.3, 0.4) is 0 Å². The van der Waals surface area contributed by atoms with Crippen LogP contribution < -0.4 is 0 Å². The summed E-state index contributed by atoms with van der Waals surface area (Å²) in [5.74, 6) is 0. The number of nitrogens with zero attached hydrogens (tertiary/aromatic N) is 2. The Bertz CT molecular complexity index is 993. The number of benzene rings is 2. The Balaban J connectivity index is 1.49. The zero-order valence-corrected chi connectivity index (χ0v) is 16.1. The maximum absolute atomic E-state index is 6.17. The second kappa shape index (κ2) is 6.10. The van der Waals surface area contributed by atoms with E-state index >= 15 is 0 Å². The van der Waals surface area contributed by atoms with Crippen molar-refractivity contribution in [3.8, 4) is 0 Å². The van der Waals surface area contributed by atoms with E-state index in [0.717, 1.165) is 18.0 Å². The van der Waals surface area contributed by atoms with Crippen LogP contribution >= 0.6 is 11.6 Å². The molecule has 138 valence electrons. The first-order chi connectivity index (χ1) is 13.3. The van der Waals surface area contributed by atoms with Gasteiger partial charge < -0.3 is 4.98 Å². The van der Waals surface area contributed by atoms with Crippen LogP contribution in [0.2, 0.25) is 5.02 Å². The van der Waals surface area contributed by atoms with Crippen LogP contribution in [0.4, 0.5) is 0 Å². The molecule has 0 aliphatic carbocycles. The highest BCUT2D eigenvalue weighted by Gasteiger charge is 2.51. The number of fused-ring (bicyclic) bond motifs is 7. The number of aromatic amines is 1. The van der Waals surface area contributed by atoms with E-state index in [-0.39, 0.29) is 0 Å². The molecule has 3 aliphatic rings. The summed E-state index contributed by atoms with van der Waals surface area (Å²) in [5.41, 5.74) is 5.69. The van der Waals surface area contributed by atoms with Gasteiger partial charge in [0, 0.05) is 40.8 Å². The lowest BCUT2D eigenvalue weighted by Gasteiger charge is -2.35. The average Bonchev–Trinajstić information content (AvgIpc) is 3.24. The second-order valence-corrected chi connectivity index (χ2v) is 8.66. The fourth-order valence-electron chi connectivity index (χ4n) is 5.81. The first kappa shape index (κ1) is 16.2. The van der Waals surface area contributed by atoms with Crippen molar-refractivity contribution in [2.24, 2.45) is 0 Å². The van der Waals surface area contributed by atoms with E-state index in [0.29, 0.717) is 18.2 Å². The molecule has 2 aromatic carbocycles. The Hall–Kier alpha value is -1.81. The summed E-state index contributed by atoms with van der Waals surface area (Å²) in [6.45, 7) is 2.32. The summed E-state index contributed by atoms with van der Waals surface area (Å²) in [5, 5.41) is 2.24. The van der Waals surface area contributed by atoms with Gasteiger partial charge in [0.25, 0.3) is 0 Å². The zero-order valence-electron chi connectivity index (χ0n) is 15.4. The van der Waals surface area contributed by atoms with Crippen LogP contribution in [0.1, 0.15) is 48.3 Å². The molecule has 2 unspecified atom stereocenters. The van der Waals surface area contributed by atoms with Gasteiger partial charge in [-0.1, -0.05) is 48.4 Å². The van der Waals surface area contributed by atoms with Crippen LogP contribution in [0.25, 0.3) is 10.9 Å². The molecule has 27 heavy (non-hydrogen) atoms. The molecule has 0 bridgehead atoms. The minimum Gasteiger partial charge on any atom is -0.357 e. The molecular weight excluding hydrogens is 354 g/mol. The average molecular weight is 378 g/mol. The van der Waals surface area contributed by atoms with E-state index in [4.69, 9.17) is 11.6 Å². The molecule has 4 heterocycles. The van der Waals surface area contributed by atoms with E-state index in [1.165, 1.54) is 48.0 Å². The second-order valence-electron chi connectivity index (χ2n) is 8.22. The number of H-pyrrole nitrogens is 1. The Kier molecular flexibility index (Phi) is 3.65. The van der Waals surface area contributed by atoms with Gasteiger partial charge in [-0.3, -0.25) is 9.80 Å². The smallest absolute Gasteiger partial charge is 0.0895 e. The fraction of sp³-hybridized carbons (Fsp3) is 0.391. The van der Waals surface area contributed by atoms with Gasteiger partial charge >= 0.3 is 0 Å². The maximum atomic E-state index is 6.17. The molecule has 0 saturated carbocycles. The van der Waals surface area contributed by atoms with Crippen molar-refractivity contribution in [1.82, 2.24) is 14.8 Å². The summed E-state index contributed by atoms with van der Waals surface area (Å²) in [6, 6.07) is 18.4. The molecule has 4 heteroatoms. The van der Waals surface area contributed by atoms with Gasteiger partial charge in [-0.15, -0.1) is 0 Å². The summed E-state index contributed by atoms with van der Waals surface area (Å²) < 4.78 is 0. The molecular formula is C23H24ClN3. The number of hydrogen-bond donors (Lipinski definition) is 1. The molecule has 3 atom stereocenters. The molecule has 1 aromatic heterocycles. The van der Waals surface area contributed by atoms with Crippen molar-refractivity contribution in [3.05, 3.63) is 70.4 Å². The fourth-order valence-corrected chi connectivity index (χ4v) is 5.93. The Morgan fingerprint density at radius 1 is 0.926 bits per heavy atom. The maximum Gasteiger partial charge on any atom is 0.0895 e. The van der Waals surface area contributed by atoms with Gasteiger partial charge in [0.05, 0.1) is 12.2 Å². The topological polar surface area (TPSA) is 22.3 Å². The number of hydrogen-bond acceptors (Lipinski definition) is 2. The van der Waals surface area contributed by atoms with Gasteiger partial charge in [-0.05, 0) is 48.6 Å². The van der Waals surface area contributed by atoms with Crippen LogP contribution in [-0.2, 0) is 6.42 Å². The number of nitrogens with one attached hydrogen (secondary N) is 1.